The van der Waals surface area contributed by atoms with Crippen LogP contribution in [0.2, 0.25) is 0 Å². The molecule has 38 heavy (non-hydrogen) atoms. The van der Waals surface area contributed by atoms with E-state index in [2.05, 4.69) is 21.6 Å². The second kappa shape index (κ2) is 11.4. The molecule has 0 atom stereocenters. The minimum Gasteiger partial charge on any atom is -0.497 e. The number of carbonyl (C=O) groups excluding carboxylic acids is 1. The first-order valence-electron chi connectivity index (χ1n) is 12.1. The Bertz CT molecular complexity index is 1590. The van der Waals surface area contributed by atoms with Crippen LogP contribution in [0.25, 0.3) is 33.5 Å². The van der Waals surface area contributed by atoms with E-state index in [1.54, 1.807) is 32.4 Å². The summed E-state index contributed by atoms with van der Waals surface area (Å²) in [5.41, 5.74) is 4.31. The van der Waals surface area contributed by atoms with Crippen molar-refractivity contribution in [1.29, 1.82) is 0 Å². The van der Waals surface area contributed by atoms with E-state index in [9.17, 15) is 4.79 Å². The van der Waals surface area contributed by atoms with Gasteiger partial charge in [-0.25, -0.2) is 4.98 Å². The van der Waals surface area contributed by atoms with E-state index < -0.39 is 0 Å². The highest BCUT2D eigenvalue weighted by atomic mass is 32.2. The number of hydrogen-bond donors (Lipinski definition) is 1. The number of amides is 1. The number of anilines is 1. The molecule has 0 aliphatic rings. The number of fused-ring (bicyclic) bond motifs is 1. The van der Waals surface area contributed by atoms with Crippen LogP contribution in [0.3, 0.4) is 0 Å². The standard InChI is InChI=1S/C29H27N5O3S/c1-4-34-28(22-17-25(19-10-6-5-7-11-19)30-23-13-9-8-12-21(22)23)32-33-29(34)38-18-27(35)31-24-15-14-20(36-2)16-26(24)37-3/h5-17H,4,18H2,1-3H3,(H,31,35). The molecular weight excluding hydrogens is 498 g/mol. The minimum absolute atomic E-state index is 0.166. The number of benzene rings is 3. The van der Waals surface area contributed by atoms with Crippen LogP contribution in [0.15, 0.2) is 84.0 Å². The lowest BCUT2D eigenvalue weighted by Crippen LogP contribution is -2.15. The van der Waals surface area contributed by atoms with E-state index in [1.165, 1.54) is 11.8 Å². The summed E-state index contributed by atoms with van der Waals surface area (Å²) in [6.07, 6.45) is 0. The van der Waals surface area contributed by atoms with Gasteiger partial charge in [0.15, 0.2) is 11.0 Å². The van der Waals surface area contributed by atoms with Crippen molar-refractivity contribution in [2.24, 2.45) is 0 Å². The maximum Gasteiger partial charge on any atom is 0.234 e. The molecule has 0 unspecified atom stereocenters. The zero-order valence-corrected chi connectivity index (χ0v) is 22.2. The summed E-state index contributed by atoms with van der Waals surface area (Å²) in [5, 5.41) is 13.6. The fourth-order valence-electron chi connectivity index (χ4n) is 4.22. The summed E-state index contributed by atoms with van der Waals surface area (Å²) in [6.45, 7) is 2.69. The number of nitrogens with zero attached hydrogens (tertiary/aromatic N) is 4. The van der Waals surface area contributed by atoms with Gasteiger partial charge in [0.1, 0.15) is 11.5 Å². The zero-order chi connectivity index (χ0) is 26.5. The molecule has 0 spiro atoms. The van der Waals surface area contributed by atoms with Crippen LogP contribution in [-0.2, 0) is 11.3 Å². The summed E-state index contributed by atoms with van der Waals surface area (Å²) in [4.78, 5) is 17.7. The van der Waals surface area contributed by atoms with E-state index in [-0.39, 0.29) is 11.7 Å². The second-order valence-electron chi connectivity index (χ2n) is 8.39. The summed E-state index contributed by atoms with van der Waals surface area (Å²) in [5.74, 6) is 1.91. The Hall–Kier alpha value is -4.37. The highest BCUT2D eigenvalue weighted by molar-refractivity contribution is 7.99. The fourth-order valence-corrected chi connectivity index (χ4v) is 5.02. The van der Waals surface area contributed by atoms with Crippen LogP contribution < -0.4 is 14.8 Å². The summed E-state index contributed by atoms with van der Waals surface area (Å²) in [7, 11) is 3.13. The Kier molecular flexibility index (Phi) is 7.55. The van der Waals surface area contributed by atoms with E-state index >= 15 is 0 Å². The molecular formula is C29H27N5O3S. The molecule has 5 rings (SSSR count). The Morgan fingerprint density at radius 1 is 0.947 bits per heavy atom. The SMILES string of the molecule is CCn1c(SCC(=O)Nc2ccc(OC)cc2OC)nnc1-c1cc(-c2ccccc2)nc2ccccc12. The van der Waals surface area contributed by atoms with Gasteiger partial charge in [-0.3, -0.25) is 4.79 Å². The van der Waals surface area contributed by atoms with Crippen molar-refractivity contribution in [2.75, 3.05) is 25.3 Å². The smallest absolute Gasteiger partial charge is 0.234 e. The summed E-state index contributed by atoms with van der Waals surface area (Å²) >= 11 is 1.34. The van der Waals surface area contributed by atoms with Gasteiger partial charge >= 0.3 is 0 Å². The highest BCUT2D eigenvalue weighted by Crippen LogP contribution is 2.33. The molecule has 9 heteroatoms. The number of thioether (sulfide) groups is 1. The molecule has 0 bridgehead atoms. The first-order valence-corrected chi connectivity index (χ1v) is 13.1. The van der Waals surface area contributed by atoms with Crippen LogP contribution in [0.5, 0.6) is 11.5 Å². The van der Waals surface area contributed by atoms with Crippen molar-refractivity contribution in [3.63, 3.8) is 0 Å². The third-order valence-corrected chi connectivity index (χ3v) is 7.04. The largest absolute Gasteiger partial charge is 0.497 e. The normalized spacial score (nSPS) is 10.9. The molecule has 8 nitrogen and oxygen atoms in total. The molecule has 3 aromatic carbocycles. The number of ether oxygens (including phenoxy) is 2. The van der Waals surface area contributed by atoms with Gasteiger partial charge in [-0.05, 0) is 31.2 Å². The van der Waals surface area contributed by atoms with Crippen LogP contribution in [0.1, 0.15) is 6.92 Å². The fraction of sp³-hybridized carbons (Fsp3) is 0.172. The lowest BCUT2D eigenvalue weighted by molar-refractivity contribution is -0.113. The van der Waals surface area contributed by atoms with Crippen LogP contribution >= 0.6 is 11.8 Å². The van der Waals surface area contributed by atoms with Gasteiger partial charge in [0.05, 0.1) is 36.9 Å². The van der Waals surface area contributed by atoms with Crippen LogP contribution in [-0.4, -0.2) is 45.6 Å². The van der Waals surface area contributed by atoms with E-state index in [0.717, 1.165) is 33.5 Å². The Balaban J connectivity index is 1.42. The van der Waals surface area contributed by atoms with Crippen molar-refractivity contribution in [3.05, 3.63) is 78.9 Å². The Labute approximate surface area is 225 Å². The molecule has 5 aromatic rings. The molecule has 2 heterocycles. The molecule has 0 aliphatic heterocycles. The first-order chi connectivity index (χ1) is 18.6. The number of aromatic nitrogens is 4. The van der Waals surface area contributed by atoms with Gasteiger partial charge in [-0.15, -0.1) is 10.2 Å². The van der Waals surface area contributed by atoms with Crippen molar-refractivity contribution in [2.45, 2.75) is 18.6 Å². The number of hydrogen-bond acceptors (Lipinski definition) is 7. The highest BCUT2D eigenvalue weighted by Gasteiger charge is 2.19. The predicted octanol–water partition coefficient (Wildman–Crippen LogP) is 5.93. The van der Waals surface area contributed by atoms with Gasteiger partial charge in [-0.1, -0.05) is 60.3 Å². The Morgan fingerprint density at radius 3 is 2.50 bits per heavy atom. The summed E-state index contributed by atoms with van der Waals surface area (Å²) in [6, 6.07) is 25.4. The van der Waals surface area contributed by atoms with Gasteiger partial charge in [0, 0.05) is 29.1 Å². The van der Waals surface area contributed by atoms with E-state index in [0.29, 0.717) is 28.9 Å². The van der Waals surface area contributed by atoms with Crippen molar-refractivity contribution < 1.29 is 14.3 Å². The third kappa shape index (κ3) is 5.19. The molecule has 1 amide bonds. The van der Waals surface area contributed by atoms with Crippen LogP contribution in [0.4, 0.5) is 5.69 Å². The topological polar surface area (TPSA) is 91.2 Å². The predicted molar refractivity (Wildman–Crippen MR) is 151 cm³/mol. The molecule has 0 fully saturated rings. The average molecular weight is 526 g/mol. The minimum atomic E-state index is -0.175. The maximum atomic E-state index is 12.8. The number of nitrogens with one attached hydrogen (secondary N) is 1. The molecule has 1 N–H and O–H groups in total. The van der Waals surface area contributed by atoms with Crippen LogP contribution in [0, 0.1) is 0 Å². The second-order valence-corrected chi connectivity index (χ2v) is 9.33. The number of rotatable bonds is 9. The quantitative estimate of drug-likeness (QED) is 0.239. The van der Waals surface area contributed by atoms with Crippen molar-refractivity contribution >= 4 is 34.3 Å². The number of carbonyl (C=O) groups is 1. The lowest BCUT2D eigenvalue weighted by Gasteiger charge is -2.12. The maximum absolute atomic E-state index is 12.8. The molecule has 0 saturated carbocycles. The summed E-state index contributed by atoms with van der Waals surface area (Å²) < 4.78 is 12.6. The average Bonchev–Trinajstić information content (AvgIpc) is 3.38. The molecule has 0 radical (unpaired) electrons. The number of para-hydroxylation sites is 1. The third-order valence-electron chi connectivity index (χ3n) is 6.07. The molecule has 192 valence electrons. The lowest BCUT2D eigenvalue weighted by atomic mass is 10.0. The van der Waals surface area contributed by atoms with Crippen molar-refractivity contribution in [1.82, 2.24) is 19.7 Å². The zero-order valence-electron chi connectivity index (χ0n) is 21.3. The molecule has 0 saturated heterocycles. The van der Waals surface area contributed by atoms with E-state index in [1.807, 2.05) is 66.1 Å². The number of pyridine rings is 1. The van der Waals surface area contributed by atoms with Gasteiger partial charge in [0.25, 0.3) is 0 Å². The van der Waals surface area contributed by atoms with E-state index in [4.69, 9.17) is 14.5 Å². The molecule has 2 aromatic heterocycles. The number of methoxy groups -OCH3 is 2. The van der Waals surface area contributed by atoms with Gasteiger partial charge in [-0.2, -0.15) is 0 Å². The van der Waals surface area contributed by atoms with Gasteiger partial charge < -0.3 is 19.4 Å². The Morgan fingerprint density at radius 2 is 1.74 bits per heavy atom. The first kappa shape index (κ1) is 25.3. The monoisotopic (exact) mass is 525 g/mol. The van der Waals surface area contributed by atoms with Crippen molar-refractivity contribution in [3.8, 4) is 34.1 Å². The van der Waals surface area contributed by atoms with Gasteiger partial charge in [0.2, 0.25) is 5.91 Å². The molecule has 0 aliphatic carbocycles.